The second-order valence-electron chi connectivity index (χ2n) is 3.54. The smallest absolute Gasteiger partial charge is 0.185 e. The van der Waals surface area contributed by atoms with Crippen molar-refractivity contribution >= 4 is 16.5 Å². The van der Waals surface area contributed by atoms with Gasteiger partial charge >= 0.3 is 0 Å². The molecule has 15 heavy (non-hydrogen) atoms. The lowest BCUT2D eigenvalue weighted by molar-refractivity contribution is 0.683. The molecular formula is C11H17N3S. The van der Waals surface area contributed by atoms with Gasteiger partial charge < -0.3 is 4.90 Å². The number of anilines is 1. The minimum atomic E-state index is 0.0546. The summed E-state index contributed by atoms with van der Waals surface area (Å²) in [7, 11) is 0. The largest absolute Gasteiger partial charge is 0.347 e. The molecular weight excluding hydrogens is 206 g/mol. The van der Waals surface area contributed by atoms with Crippen molar-refractivity contribution in [2.45, 2.75) is 27.2 Å². The van der Waals surface area contributed by atoms with Gasteiger partial charge in [-0.05, 0) is 20.3 Å². The van der Waals surface area contributed by atoms with E-state index < -0.39 is 0 Å². The van der Waals surface area contributed by atoms with E-state index in [2.05, 4.69) is 35.2 Å². The van der Waals surface area contributed by atoms with Gasteiger partial charge in [-0.2, -0.15) is 5.26 Å². The van der Waals surface area contributed by atoms with Gasteiger partial charge in [-0.1, -0.05) is 6.92 Å². The highest BCUT2D eigenvalue weighted by Crippen LogP contribution is 2.21. The maximum atomic E-state index is 8.78. The zero-order chi connectivity index (χ0) is 11.3. The number of aryl methyl sites for hydroxylation is 1. The summed E-state index contributed by atoms with van der Waals surface area (Å²) in [5.41, 5.74) is 1.14. The molecule has 0 aliphatic heterocycles. The quantitative estimate of drug-likeness (QED) is 0.770. The molecule has 0 amide bonds. The normalized spacial score (nSPS) is 12.1. The highest BCUT2D eigenvalue weighted by molar-refractivity contribution is 7.13. The lowest BCUT2D eigenvalue weighted by atomic mass is 10.2. The van der Waals surface area contributed by atoms with E-state index >= 15 is 0 Å². The van der Waals surface area contributed by atoms with Crippen LogP contribution in [0.25, 0.3) is 0 Å². The van der Waals surface area contributed by atoms with Gasteiger partial charge in [-0.15, -0.1) is 11.3 Å². The third-order valence-electron chi connectivity index (χ3n) is 2.27. The number of hydrogen-bond donors (Lipinski definition) is 0. The van der Waals surface area contributed by atoms with Crippen LogP contribution < -0.4 is 4.90 Å². The van der Waals surface area contributed by atoms with Crippen molar-refractivity contribution in [3.8, 4) is 6.07 Å². The summed E-state index contributed by atoms with van der Waals surface area (Å²) in [6.07, 6.45) is 0.974. The summed E-state index contributed by atoms with van der Waals surface area (Å²) < 4.78 is 0. The van der Waals surface area contributed by atoms with Gasteiger partial charge in [0.15, 0.2) is 5.13 Å². The summed E-state index contributed by atoms with van der Waals surface area (Å²) in [6.45, 7) is 7.81. The predicted octanol–water partition coefficient (Wildman–Crippen LogP) is 2.69. The van der Waals surface area contributed by atoms with Crippen molar-refractivity contribution in [3.05, 3.63) is 11.1 Å². The van der Waals surface area contributed by atoms with Crippen LogP contribution in [0, 0.1) is 17.2 Å². The van der Waals surface area contributed by atoms with Gasteiger partial charge in [0.25, 0.3) is 0 Å². The van der Waals surface area contributed by atoms with Crippen LogP contribution in [0.15, 0.2) is 5.38 Å². The molecule has 82 valence electrons. The third kappa shape index (κ3) is 3.21. The number of rotatable bonds is 5. The van der Waals surface area contributed by atoms with E-state index in [1.54, 1.807) is 11.3 Å². The lowest BCUT2D eigenvalue weighted by Gasteiger charge is -2.20. The van der Waals surface area contributed by atoms with Gasteiger partial charge in [0.1, 0.15) is 0 Å². The van der Waals surface area contributed by atoms with Crippen LogP contribution in [-0.2, 0) is 6.42 Å². The Balaban J connectivity index is 2.70. The average molecular weight is 223 g/mol. The molecule has 1 unspecified atom stereocenters. The molecule has 0 saturated carbocycles. The van der Waals surface area contributed by atoms with Crippen LogP contribution in [-0.4, -0.2) is 18.1 Å². The van der Waals surface area contributed by atoms with Crippen molar-refractivity contribution < 1.29 is 0 Å². The fourth-order valence-electron chi connectivity index (χ4n) is 1.32. The summed E-state index contributed by atoms with van der Waals surface area (Å²) >= 11 is 1.66. The number of thiazole rings is 1. The maximum absolute atomic E-state index is 8.78. The molecule has 0 fully saturated rings. The Kier molecular flexibility index (Phi) is 4.57. The highest BCUT2D eigenvalue weighted by atomic mass is 32.1. The number of hydrogen-bond acceptors (Lipinski definition) is 4. The average Bonchev–Trinajstić information content (AvgIpc) is 2.73. The minimum absolute atomic E-state index is 0.0546. The van der Waals surface area contributed by atoms with Gasteiger partial charge in [0, 0.05) is 18.5 Å². The molecule has 1 rings (SSSR count). The number of nitriles is 1. The minimum Gasteiger partial charge on any atom is -0.347 e. The van der Waals surface area contributed by atoms with Crippen LogP contribution in [0.1, 0.15) is 26.5 Å². The van der Waals surface area contributed by atoms with E-state index in [0.29, 0.717) is 0 Å². The van der Waals surface area contributed by atoms with E-state index in [0.717, 1.165) is 30.3 Å². The zero-order valence-electron chi connectivity index (χ0n) is 9.53. The Labute approximate surface area is 95.4 Å². The molecule has 0 aliphatic rings. The fraction of sp³-hybridized carbons (Fsp3) is 0.636. The van der Waals surface area contributed by atoms with Crippen molar-refractivity contribution in [2.75, 3.05) is 18.0 Å². The molecule has 1 heterocycles. The van der Waals surface area contributed by atoms with Crippen molar-refractivity contribution in [1.82, 2.24) is 4.98 Å². The first-order valence-corrected chi connectivity index (χ1v) is 6.18. The predicted molar refractivity (Wildman–Crippen MR) is 64.2 cm³/mol. The molecule has 0 N–H and O–H groups in total. The summed E-state index contributed by atoms with van der Waals surface area (Å²) in [5.74, 6) is 0.0546. The van der Waals surface area contributed by atoms with E-state index in [1.165, 1.54) is 0 Å². The van der Waals surface area contributed by atoms with Gasteiger partial charge in [0.05, 0.1) is 17.7 Å². The van der Waals surface area contributed by atoms with Gasteiger partial charge in [0.2, 0.25) is 0 Å². The Morgan fingerprint density at radius 3 is 2.80 bits per heavy atom. The first-order valence-electron chi connectivity index (χ1n) is 5.30. The number of nitrogens with zero attached hydrogens (tertiary/aromatic N) is 3. The summed E-state index contributed by atoms with van der Waals surface area (Å²) in [4.78, 5) is 6.69. The Bertz CT molecular complexity index is 340. The highest BCUT2D eigenvalue weighted by Gasteiger charge is 2.12. The van der Waals surface area contributed by atoms with Crippen LogP contribution in [0.5, 0.6) is 0 Å². The van der Waals surface area contributed by atoms with Crippen LogP contribution in [0.3, 0.4) is 0 Å². The molecule has 0 radical (unpaired) electrons. The van der Waals surface area contributed by atoms with Crippen LogP contribution in [0.4, 0.5) is 5.13 Å². The molecule has 0 aromatic carbocycles. The number of aromatic nitrogens is 1. The van der Waals surface area contributed by atoms with Crippen molar-refractivity contribution in [2.24, 2.45) is 5.92 Å². The van der Waals surface area contributed by atoms with E-state index in [4.69, 9.17) is 5.26 Å². The Morgan fingerprint density at radius 2 is 2.33 bits per heavy atom. The fourth-order valence-corrected chi connectivity index (χ4v) is 2.30. The summed E-state index contributed by atoms with van der Waals surface area (Å²) in [5, 5.41) is 11.9. The molecule has 1 atom stereocenters. The van der Waals surface area contributed by atoms with Gasteiger partial charge in [-0.3, -0.25) is 0 Å². The first kappa shape index (κ1) is 12.0. The molecule has 3 nitrogen and oxygen atoms in total. The van der Waals surface area contributed by atoms with E-state index in [-0.39, 0.29) is 5.92 Å². The monoisotopic (exact) mass is 223 g/mol. The van der Waals surface area contributed by atoms with Crippen molar-refractivity contribution in [1.29, 1.82) is 5.26 Å². The molecule has 0 aliphatic carbocycles. The standard InChI is InChI=1S/C11H17N3S/c1-4-10-8-15-11(13-10)14(5-2)7-9(3)6-12/h8-9H,4-5,7H2,1-3H3. The van der Waals surface area contributed by atoms with Crippen LogP contribution in [0.2, 0.25) is 0 Å². The van der Waals surface area contributed by atoms with Crippen molar-refractivity contribution in [3.63, 3.8) is 0 Å². The second kappa shape index (κ2) is 5.72. The van der Waals surface area contributed by atoms with E-state index in [9.17, 15) is 0 Å². The molecule has 1 aromatic heterocycles. The lowest BCUT2D eigenvalue weighted by Crippen LogP contribution is -2.27. The summed E-state index contributed by atoms with van der Waals surface area (Å²) in [6, 6.07) is 2.26. The molecule has 1 aromatic rings. The maximum Gasteiger partial charge on any atom is 0.185 e. The topological polar surface area (TPSA) is 39.9 Å². The second-order valence-corrected chi connectivity index (χ2v) is 4.38. The molecule has 0 bridgehead atoms. The van der Waals surface area contributed by atoms with Gasteiger partial charge in [-0.25, -0.2) is 4.98 Å². The SMILES string of the molecule is CCc1csc(N(CC)CC(C)C#N)n1. The molecule has 4 heteroatoms. The van der Waals surface area contributed by atoms with E-state index in [1.807, 2.05) is 6.92 Å². The van der Waals surface area contributed by atoms with Crippen LogP contribution >= 0.6 is 11.3 Å². The Hall–Kier alpha value is -1.08. The third-order valence-corrected chi connectivity index (χ3v) is 3.22. The zero-order valence-corrected chi connectivity index (χ0v) is 10.3. The molecule has 0 spiro atoms. The Morgan fingerprint density at radius 1 is 1.60 bits per heavy atom. The first-order chi connectivity index (χ1) is 7.21. The molecule has 0 saturated heterocycles.